The van der Waals surface area contributed by atoms with Crippen molar-refractivity contribution in [2.75, 3.05) is 0 Å². The van der Waals surface area contributed by atoms with E-state index in [1.54, 1.807) is 0 Å². The van der Waals surface area contributed by atoms with Crippen LogP contribution < -0.4 is 0 Å². The van der Waals surface area contributed by atoms with Gasteiger partial charge in [0, 0.05) is 12.0 Å². The van der Waals surface area contributed by atoms with Gasteiger partial charge in [0.15, 0.2) is 0 Å². The van der Waals surface area contributed by atoms with E-state index in [0.29, 0.717) is 11.3 Å². The molecule has 0 saturated heterocycles. The van der Waals surface area contributed by atoms with Crippen molar-refractivity contribution in [3.8, 4) is 0 Å². The van der Waals surface area contributed by atoms with Crippen LogP contribution in [0.2, 0.25) is 25.2 Å². The van der Waals surface area contributed by atoms with Gasteiger partial charge in [0.25, 0.3) is 0 Å². The van der Waals surface area contributed by atoms with Crippen LogP contribution in [0.15, 0.2) is 0 Å². The van der Waals surface area contributed by atoms with Gasteiger partial charge in [-0.05, 0) is 12.8 Å². The largest absolute Gasteiger partial charge is 0.300 e. The molecule has 1 fully saturated rings. The summed E-state index contributed by atoms with van der Waals surface area (Å²) in [6, 6.07) is 0. The minimum Gasteiger partial charge on any atom is -0.300 e. The molecule has 0 amide bonds. The summed E-state index contributed by atoms with van der Waals surface area (Å²) >= 11 is 0. The molecule has 1 aliphatic carbocycles. The van der Waals surface area contributed by atoms with Crippen molar-refractivity contribution < 1.29 is 4.79 Å². The molecule has 0 unspecified atom stereocenters. The van der Waals surface area contributed by atoms with E-state index in [2.05, 4.69) is 19.6 Å². The Morgan fingerprint density at radius 2 is 1.91 bits per heavy atom. The Bertz CT molecular complexity index is 157. The molecule has 64 valence electrons. The van der Waals surface area contributed by atoms with Crippen molar-refractivity contribution in [1.29, 1.82) is 0 Å². The average Bonchev–Trinajstić information content (AvgIpc) is 1.86. The molecule has 1 rings (SSSR count). The van der Waals surface area contributed by atoms with Crippen molar-refractivity contribution in [1.82, 2.24) is 0 Å². The van der Waals surface area contributed by atoms with Crippen LogP contribution in [0.1, 0.15) is 25.7 Å². The molecule has 1 aliphatic rings. The Morgan fingerprint density at radius 1 is 1.27 bits per heavy atom. The van der Waals surface area contributed by atoms with E-state index < -0.39 is 8.07 Å². The van der Waals surface area contributed by atoms with E-state index in [-0.39, 0.29) is 0 Å². The fraction of sp³-hybridized carbons (Fsp3) is 0.889. The van der Waals surface area contributed by atoms with Crippen LogP contribution in [-0.4, -0.2) is 13.9 Å². The zero-order valence-electron chi connectivity index (χ0n) is 7.81. The maximum Gasteiger partial charge on any atom is 0.133 e. The molecule has 0 aromatic heterocycles. The smallest absolute Gasteiger partial charge is 0.133 e. The summed E-state index contributed by atoms with van der Waals surface area (Å²) in [6.45, 7) is 6.92. The normalized spacial score (nSPS) is 27.2. The lowest BCUT2D eigenvalue weighted by atomic mass is 9.99. The Balaban J connectivity index is 2.62. The van der Waals surface area contributed by atoms with Crippen molar-refractivity contribution in [3.05, 3.63) is 0 Å². The van der Waals surface area contributed by atoms with E-state index in [4.69, 9.17) is 0 Å². The Morgan fingerprint density at radius 3 is 2.27 bits per heavy atom. The summed E-state index contributed by atoms with van der Waals surface area (Å²) in [5, 5.41) is 0. The predicted octanol–water partition coefficient (Wildman–Crippen LogP) is 2.84. The first-order valence-corrected chi connectivity index (χ1v) is 8.12. The van der Waals surface area contributed by atoms with Crippen LogP contribution in [0.3, 0.4) is 0 Å². The molecule has 0 aromatic carbocycles. The third kappa shape index (κ3) is 2.16. The van der Waals surface area contributed by atoms with Crippen LogP contribution in [-0.2, 0) is 4.79 Å². The van der Waals surface area contributed by atoms with Crippen LogP contribution in [0.25, 0.3) is 0 Å². The van der Waals surface area contributed by atoms with Crippen molar-refractivity contribution >= 4 is 13.9 Å². The molecule has 0 aromatic rings. The van der Waals surface area contributed by atoms with Crippen molar-refractivity contribution in [2.24, 2.45) is 0 Å². The molecular formula is C9H18OSi. The van der Waals surface area contributed by atoms with Gasteiger partial charge in [-0.25, -0.2) is 0 Å². The Labute approximate surface area is 70.2 Å². The third-order valence-corrected chi connectivity index (χ3v) is 5.30. The molecule has 0 spiro atoms. The van der Waals surface area contributed by atoms with E-state index >= 15 is 0 Å². The minimum absolute atomic E-state index is 0.469. The minimum atomic E-state index is -1.17. The lowest BCUT2D eigenvalue weighted by Crippen LogP contribution is -2.35. The highest BCUT2D eigenvalue weighted by Gasteiger charge is 2.33. The van der Waals surface area contributed by atoms with Gasteiger partial charge in [-0.1, -0.05) is 26.1 Å². The van der Waals surface area contributed by atoms with E-state index in [0.717, 1.165) is 12.8 Å². The maximum atomic E-state index is 11.5. The summed E-state index contributed by atoms with van der Waals surface area (Å²) in [5.41, 5.74) is 0.469. The fourth-order valence-corrected chi connectivity index (χ4v) is 4.08. The first kappa shape index (κ1) is 8.98. The number of Topliss-reactive ketones (excluding diaryl/α,β-unsaturated/α-hetero) is 1. The van der Waals surface area contributed by atoms with E-state index in [9.17, 15) is 4.79 Å². The SMILES string of the molecule is C[Si](C)(C)[C@H]1CCCCC1=O. The second kappa shape index (κ2) is 3.09. The molecule has 0 aliphatic heterocycles. The molecule has 1 saturated carbocycles. The van der Waals surface area contributed by atoms with Crippen molar-refractivity contribution in [3.63, 3.8) is 0 Å². The number of ketones is 1. The van der Waals surface area contributed by atoms with Crippen LogP contribution >= 0.6 is 0 Å². The van der Waals surface area contributed by atoms with Gasteiger partial charge in [-0.2, -0.15) is 0 Å². The average molecular weight is 170 g/mol. The standard InChI is InChI=1S/C9H18OSi/c1-11(2,3)9-7-5-4-6-8(9)10/h9H,4-7H2,1-3H3/t9-/m0/s1. The number of carbonyl (C=O) groups excluding carboxylic acids is 1. The molecule has 2 heteroatoms. The first-order valence-electron chi connectivity index (χ1n) is 4.54. The first-order chi connectivity index (χ1) is 5.02. The van der Waals surface area contributed by atoms with Gasteiger partial charge in [0.1, 0.15) is 5.78 Å². The molecule has 0 N–H and O–H groups in total. The Kier molecular flexibility index (Phi) is 2.53. The monoisotopic (exact) mass is 170 g/mol. The van der Waals surface area contributed by atoms with Gasteiger partial charge in [-0.3, -0.25) is 4.79 Å². The fourth-order valence-electron chi connectivity index (χ4n) is 1.90. The summed E-state index contributed by atoms with van der Waals surface area (Å²) in [5.74, 6) is 0.551. The summed E-state index contributed by atoms with van der Waals surface area (Å²) in [4.78, 5) is 11.5. The van der Waals surface area contributed by atoms with Gasteiger partial charge in [-0.15, -0.1) is 0 Å². The molecule has 1 nitrogen and oxygen atoms in total. The van der Waals surface area contributed by atoms with Gasteiger partial charge < -0.3 is 0 Å². The third-order valence-electron chi connectivity index (χ3n) is 2.60. The molecule has 11 heavy (non-hydrogen) atoms. The zero-order valence-corrected chi connectivity index (χ0v) is 8.81. The van der Waals surface area contributed by atoms with Crippen LogP contribution in [0, 0.1) is 0 Å². The van der Waals surface area contributed by atoms with Crippen LogP contribution in [0.5, 0.6) is 0 Å². The van der Waals surface area contributed by atoms with E-state index in [1.165, 1.54) is 12.8 Å². The predicted molar refractivity (Wildman–Crippen MR) is 50.6 cm³/mol. The molecule has 0 bridgehead atoms. The van der Waals surface area contributed by atoms with Gasteiger partial charge in [0.2, 0.25) is 0 Å². The zero-order chi connectivity index (χ0) is 8.48. The van der Waals surface area contributed by atoms with Crippen molar-refractivity contribution in [2.45, 2.75) is 50.9 Å². The lowest BCUT2D eigenvalue weighted by molar-refractivity contribution is -0.120. The molecule has 0 heterocycles. The topological polar surface area (TPSA) is 17.1 Å². The molecular weight excluding hydrogens is 152 g/mol. The summed E-state index contributed by atoms with van der Waals surface area (Å²) < 4.78 is 0. The summed E-state index contributed by atoms with van der Waals surface area (Å²) in [7, 11) is -1.17. The highest BCUT2D eigenvalue weighted by molar-refractivity contribution is 6.80. The highest BCUT2D eigenvalue weighted by Crippen LogP contribution is 2.33. The number of rotatable bonds is 1. The summed E-state index contributed by atoms with van der Waals surface area (Å²) in [6.07, 6.45) is 4.45. The van der Waals surface area contributed by atoms with Gasteiger partial charge in [0.05, 0.1) is 8.07 Å². The number of hydrogen-bond donors (Lipinski definition) is 0. The lowest BCUT2D eigenvalue weighted by Gasteiger charge is -2.30. The number of hydrogen-bond acceptors (Lipinski definition) is 1. The molecule has 1 atom stereocenters. The van der Waals surface area contributed by atoms with E-state index in [1.807, 2.05) is 0 Å². The van der Waals surface area contributed by atoms with Gasteiger partial charge >= 0.3 is 0 Å². The van der Waals surface area contributed by atoms with Crippen LogP contribution in [0.4, 0.5) is 0 Å². The second-order valence-electron chi connectivity index (χ2n) is 4.63. The maximum absolute atomic E-state index is 11.5. The highest BCUT2D eigenvalue weighted by atomic mass is 28.3. The second-order valence-corrected chi connectivity index (χ2v) is 10.1. The quantitative estimate of drug-likeness (QED) is 0.553. The number of carbonyl (C=O) groups is 1. The molecule has 0 radical (unpaired) electrons. The Hall–Kier alpha value is -0.113.